The van der Waals surface area contributed by atoms with Gasteiger partial charge < -0.3 is 4.89 Å². The van der Waals surface area contributed by atoms with Crippen molar-refractivity contribution in [1.82, 2.24) is 0 Å². The quantitative estimate of drug-likeness (QED) is 0.368. The molecule has 0 spiro atoms. The monoisotopic (exact) mass is 530 g/mol. The first-order valence-corrected chi connectivity index (χ1v) is 15.9. The highest BCUT2D eigenvalue weighted by atomic mass is 32.2. The molecule has 182 valence electrons. The Morgan fingerprint density at radius 3 is 1.37 bits per heavy atom. The van der Waals surface area contributed by atoms with Crippen LogP contribution in [-0.4, -0.2) is 34.2 Å². The number of hydrogen-bond acceptors (Lipinski definition) is 5. The van der Waals surface area contributed by atoms with E-state index in [2.05, 4.69) is 0 Å². The van der Waals surface area contributed by atoms with Crippen LogP contribution in [-0.2, 0) is 24.6 Å². The highest BCUT2D eigenvalue weighted by Gasteiger charge is 2.50. The van der Waals surface area contributed by atoms with Crippen LogP contribution in [0.2, 0.25) is 0 Å². The minimum Gasteiger partial charge on any atom is -0.312 e. The summed E-state index contributed by atoms with van der Waals surface area (Å²) in [5.74, 6) is 0. The molecule has 0 saturated carbocycles. The fourth-order valence-electron chi connectivity index (χ4n) is 4.82. The normalized spacial score (nSPS) is 15.7. The van der Waals surface area contributed by atoms with Gasteiger partial charge in [-0.1, -0.05) is 59.7 Å². The van der Waals surface area contributed by atoms with E-state index >= 15 is 0 Å². The van der Waals surface area contributed by atoms with Gasteiger partial charge in [0.25, 0.3) is 0 Å². The van der Waals surface area contributed by atoms with Gasteiger partial charge >= 0.3 is 7.67 Å². The second-order valence-electron chi connectivity index (χ2n) is 8.89. The molecule has 0 fully saturated rings. The number of sulfonamides is 2. The van der Waals surface area contributed by atoms with Gasteiger partial charge in [0.05, 0.1) is 23.9 Å². The van der Waals surface area contributed by atoms with Gasteiger partial charge in [-0.05, 0) is 47.5 Å². The topological polar surface area (TPSA) is 112 Å². The summed E-state index contributed by atoms with van der Waals surface area (Å²) in [5.41, 5.74) is 2.58. The van der Waals surface area contributed by atoms with Crippen molar-refractivity contribution >= 4 is 60.6 Å². The molecular formula is C24H23N2O6PS2. The lowest BCUT2D eigenvalue weighted by molar-refractivity contribution is 0.479. The maximum Gasteiger partial charge on any atom is 0.421 e. The third kappa shape index (κ3) is 3.63. The van der Waals surface area contributed by atoms with Crippen LogP contribution in [0.4, 0.5) is 11.4 Å². The van der Waals surface area contributed by atoms with Gasteiger partial charge in [0.1, 0.15) is 0 Å². The average molecular weight is 531 g/mol. The van der Waals surface area contributed by atoms with Gasteiger partial charge in [0.15, 0.2) is 0 Å². The van der Waals surface area contributed by atoms with E-state index in [0.29, 0.717) is 30.1 Å². The molecule has 5 rings (SSSR count). The van der Waals surface area contributed by atoms with E-state index in [9.17, 15) is 26.3 Å². The molecule has 35 heavy (non-hydrogen) atoms. The number of rotatable bonds is 2. The van der Waals surface area contributed by atoms with Crippen LogP contribution < -0.4 is 8.15 Å². The lowest BCUT2D eigenvalue weighted by Crippen LogP contribution is -2.37. The first-order chi connectivity index (χ1) is 16.2. The molecule has 0 radical (unpaired) electrons. The summed E-state index contributed by atoms with van der Waals surface area (Å²) >= 11 is 0. The zero-order chi connectivity index (χ0) is 25.5. The predicted molar refractivity (Wildman–Crippen MR) is 141 cm³/mol. The van der Waals surface area contributed by atoms with Gasteiger partial charge in [0.2, 0.25) is 20.0 Å². The zero-order valence-electron chi connectivity index (χ0n) is 19.4. The second kappa shape index (κ2) is 7.54. The summed E-state index contributed by atoms with van der Waals surface area (Å²) in [7, 11) is -14.1. The number of fused-ring (bicyclic) bond motifs is 7. The van der Waals surface area contributed by atoms with Crippen LogP contribution in [0, 0.1) is 13.8 Å². The standard InChI is InChI=1S/C24H23N2O6PS2/c1-15-5-9-19-17(13-15)7-11-21-23(19)24-20-10-6-16(2)14-18(20)8-12-22(24)26(35(4,31)32)33(27,28)25(21)34(3,29)30/h5-14H,1-4H3,(H,27,28). The van der Waals surface area contributed by atoms with Crippen molar-refractivity contribution in [1.29, 1.82) is 0 Å². The highest BCUT2D eigenvalue weighted by molar-refractivity contribution is 8.06. The van der Waals surface area contributed by atoms with Crippen molar-refractivity contribution in [3.8, 4) is 11.1 Å². The van der Waals surface area contributed by atoms with Crippen LogP contribution in [0.1, 0.15) is 11.1 Å². The molecule has 11 heteroatoms. The average Bonchev–Trinajstić information content (AvgIpc) is 2.81. The maximum absolute atomic E-state index is 14.0. The Kier molecular flexibility index (Phi) is 5.13. The van der Waals surface area contributed by atoms with Crippen LogP contribution in [0.15, 0.2) is 60.7 Å². The maximum atomic E-state index is 14.0. The SMILES string of the molecule is Cc1ccc2c3c(ccc2c1)N(S(C)(=O)=O)P(=O)(O)N(S(C)(=O)=O)c1ccc2cc(C)ccc2c1-3. The van der Waals surface area contributed by atoms with E-state index in [0.717, 1.165) is 34.4 Å². The van der Waals surface area contributed by atoms with Gasteiger partial charge in [-0.3, -0.25) is 0 Å². The summed E-state index contributed by atoms with van der Waals surface area (Å²) in [5, 5.41) is 2.83. The summed E-state index contributed by atoms with van der Waals surface area (Å²) in [4.78, 5) is 11.3. The van der Waals surface area contributed by atoms with Crippen molar-refractivity contribution in [3.63, 3.8) is 0 Å². The van der Waals surface area contributed by atoms with E-state index in [1.807, 2.05) is 50.2 Å². The van der Waals surface area contributed by atoms with Gasteiger partial charge in [0, 0.05) is 11.1 Å². The molecule has 4 aromatic rings. The van der Waals surface area contributed by atoms with Crippen LogP contribution in [0.5, 0.6) is 0 Å². The van der Waals surface area contributed by atoms with Crippen molar-refractivity contribution in [2.24, 2.45) is 0 Å². The smallest absolute Gasteiger partial charge is 0.312 e. The number of nitrogens with zero attached hydrogens (tertiary/aromatic N) is 2. The summed E-state index contributed by atoms with van der Waals surface area (Å²) < 4.78 is 66.7. The molecule has 0 bridgehead atoms. The minimum atomic E-state index is -5.24. The minimum absolute atomic E-state index is 0.0600. The molecule has 1 N–H and O–H groups in total. The summed E-state index contributed by atoms with van der Waals surface area (Å²) in [6.07, 6.45) is 1.58. The van der Waals surface area contributed by atoms with Gasteiger partial charge in [-0.15, -0.1) is 0 Å². The number of hydrogen-bond donors (Lipinski definition) is 1. The Labute approximate surface area is 204 Å². The zero-order valence-corrected chi connectivity index (χ0v) is 21.9. The Morgan fingerprint density at radius 2 is 1.03 bits per heavy atom. The van der Waals surface area contributed by atoms with Crippen LogP contribution in [0.3, 0.4) is 0 Å². The highest BCUT2D eigenvalue weighted by Crippen LogP contribution is 2.63. The van der Waals surface area contributed by atoms with E-state index in [-0.39, 0.29) is 11.4 Å². The Balaban J connectivity index is 2.13. The lowest BCUT2D eigenvalue weighted by Gasteiger charge is -2.32. The van der Waals surface area contributed by atoms with E-state index in [1.165, 1.54) is 12.1 Å². The molecule has 1 aliphatic rings. The first kappa shape index (κ1) is 23.8. The Hall–Kier alpha value is -2.91. The molecule has 0 unspecified atom stereocenters. The molecule has 0 aliphatic carbocycles. The van der Waals surface area contributed by atoms with Crippen LogP contribution >= 0.6 is 7.67 Å². The number of benzene rings is 4. The van der Waals surface area contributed by atoms with Crippen molar-refractivity contribution < 1.29 is 26.3 Å². The van der Waals surface area contributed by atoms with E-state index in [4.69, 9.17) is 0 Å². The third-order valence-electron chi connectivity index (χ3n) is 6.07. The first-order valence-electron chi connectivity index (χ1n) is 10.6. The van der Waals surface area contributed by atoms with Gasteiger partial charge in [-0.2, -0.15) is 8.15 Å². The Bertz CT molecular complexity index is 1700. The largest absolute Gasteiger partial charge is 0.421 e. The second-order valence-corrected chi connectivity index (χ2v) is 14.9. The molecule has 0 aromatic heterocycles. The van der Waals surface area contributed by atoms with Gasteiger partial charge in [-0.25, -0.2) is 21.4 Å². The molecule has 0 atom stereocenters. The molecular weight excluding hydrogens is 507 g/mol. The Morgan fingerprint density at radius 1 is 0.657 bits per heavy atom. The molecule has 8 nitrogen and oxygen atoms in total. The third-order valence-corrected chi connectivity index (χ3v) is 12.2. The lowest BCUT2D eigenvalue weighted by atomic mass is 9.90. The van der Waals surface area contributed by atoms with Crippen LogP contribution in [0.25, 0.3) is 32.7 Å². The molecule has 0 saturated heterocycles. The number of anilines is 2. The van der Waals surface area contributed by atoms with Crippen molar-refractivity contribution in [2.75, 3.05) is 20.7 Å². The predicted octanol–water partition coefficient (Wildman–Crippen LogP) is 4.92. The molecule has 0 amide bonds. The van der Waals surface area contributed by atoms with Crippen molar-refractivity contribution in [2.45, 2.75) is 13.8 Å². The summed E-state index contributed by atoms with van der Waals surface area (Å²) in [6.45, 7) is 3.85. The molecule has 4 aromatic carbocycles. The fourth-order valence-corrected chi connectivity index (χ4v) is 10.5. The van der Waals surface area contributed by atoms with E-state index < -0.39 is 27.7 Å². The molecule has 1 heterocycles. The molecule has 1 aliphatic heterocycles. The van der Waals surface area contributed by atoms with Crippen molar-refractivity contribution in [3.05, 3.63) is 71.8 Å². The van der Waals surface area contributed by atoms with E-state index in [1.54, 1.807) is 12.1 Å². The number of aryl methyl sites for hydroxylation is 2. The fraction of sp³-hybridized carbons (Fsp3) is 0.167. The summed E-state index contributed by atoms with van der Waals surface area (Å²) in [6, 6.07) is 17.5.